The Morgan fingerprint density at radius 2 is 1.95 bits per heavy atom. The van der Waals surface area contributed by atoms with E-state index in [1.54, 1.807) is 10.9 Å². The molecule has 21 heavy (non-hydrogen) atoms. The largest absolute Gasteiger partial charge is 0.308 e. The zero-order chi connectivity index (χ0) is 15.6. The molecule has 1 aromatic carbocycles. The molecule has 0 unspecified atom stereocenters. The predicted molar refractivity (Wildman–Crippen MR) is 79.5 cm³/mol. The van der Waals surface area contributed by atoms with Crippen LogP contribution in [0.2, 0.25) is 0 Å². The van der Waals surface area contributed by atoms with Crippen LogP contribution < -0.4 is 5.32 Å². The zero-order valence-corrected chi connectivity index (χ0v) is 12.9. The second-order valence-corrected chi connectivity index (χ2v) is 6.08. The first kappa shape index (κ1) is 15.6. The average Bonchev–Trinajstić information content (AvgIpc) is 2.78. The minimum absolute atomic E-state index is 0.00572. The Morgan fingerprint density at radius 1 is 1.24 bits per heavy atom. The summed E-state index contributed by atoms with van der Waals surface area (Å²) in [6.45, 7) is 8.92. The van der Waals surface area contributed by atoms with Crippen molar-refractivity contribution in [3.63, 3.8) is 0 Å². The standard InChI is InChI=1S/C16H21F2N3/c1-5-14-11(9-19-16(2,3)4)10-20-21(14)15-7-6-12(17)8-13(15)18/h6-8,10,19H,5,9H2,1-4H3. The Bertz CT molecular complexity index is 627. The van der Waals surface area contributed by atoms with Crippen LogP contribution in [0.5, 0.6) is 0 Å². The van der Waals surface area contributed by atoms with Crippen LogP contribution in [-0.4, -0.2) is 15.3 Å². The Hall–Kier alpha value is -1.75. The van der Waals surface area contributed by atoms with Crippen molar-refractivity contribution in [3.05, 3.63) is 47.3 Å². The summed E-state index contributed by atoms with van der Waals surface area (Å²) in [6, 6.07) is 3.54. The Labute approximate surface area is 124 Å². The molecule has 0 spiro atoms. The first-order valence-electron chi connectivity index (χ1n) is 7.08. The third-order valence-corrected chi connectivity index (χ3v) is 3.24. The van der Waals surface area contributed by atoms with Crippen LogP contribution >= 0.6 is 0 Å². The lowest BCUT2D eigenvalue weighted by Gasteiger charge is -2.20. The van der Waals surface area contributed by atoms with Crippen molar-refractivity contribution >= 4 is 0 Å². The molecule has 0 atom stereocenters. The van der Waals surface area contributed by atoms with Crippen molar-refractivity contribution in [2.24, 2.45) is 0 Å². The third kappa shape index (κ3) is 3.67. The first-order chi connectivity index (χ1) is 9.81. The van der Waals surface area contributed by atoms with E-state index < -0.39 is 11.6 Å². The highest BCUT2D eigenvalue weighted by atomic mass is 19.1. The maximum Gasteiger partial charge on any atom is 0.151 e. The molecular formula is C16H21F2N3. The molecule has 0 bridgehead atoms. The lowest BCUT2D eigenvalue weighted by atomic mass is 10.1. The van der Waals surface area contributed by atoms with Crippen LogP contribution in [-0.2, 0) is 13.0 Å². The summed E-state index contributed by atoms with van der Waals surface area (Å²) < 4.78 is 28.5. The van der Waals surface area contributed by atoms with Crippen LogP contribution in [0.4, 0.5) is 8.78 Å². The van der Waals surface area contributed by atoms with E-state index in [-0.39, 0.29) is 11.2 Å². The van der Waals surface area contributed by atoms with Crippen molar-refractivity contribution < 1.29 is 8.78 Å². The summed E-state index contributed by atoms with van der Waals surface area (Å²) in [4.78, 5) is 0. The van der Waals surface area contributed by atoms with Gasteiger partial charge in [0, 0.05) is 29.4 Å². The summed E-state index contributed by atoms with van der Waals surface area (Å²) in [7, 11) is 0. The van der Waals surface area contributed by atoms with Gasteiger partial charge in [-0.05, 0) is 39.3 Å². The number of rotatable bonds is 4. The molecule has 0 aliphatic rings. The van der Waals surface area contributed by atoms with Gasteiger partial charge >= 0.3 is 0 Å². The second kappa shape index (κ2) is 5.93. The van der Waals surface area contributed by atoms with E-state index in [9.17, 15) is 8.78 Å². The van der Waals surface area contributed by atoms with Gasteiger partial charge in [0.1, 0.15) is 11.5 Å². The molecule has 0 aliphatic heterocycles. The molecule has 0 saturated carbocycles. The first-order valence-corrected chi connectivity index (χ1v) is 7.08. The van der Waals surface area contributed by atoms with Gasteiger partial charge in [-0.3, -0.25) is 0 Å². The Balaban J connectivity index is 2.35. The SMILES string of the molecule is CCc1c(CNC(C)(C)C)cnn1-c1ccc(F)cc1F. The van der Waals surface area contributed by atoms with Crippen LogP contribution in [0.3, 0.4) is 0 Å². The van der Waals surface area contributed by atoms with Gasteiger partial charge in [-0.25, -0.2) is 13.5 Å². The number of hydrogen-bond donors (Lipinski definition) is 1. The fourth-order valence-corrected chi connectivity index (χ4v) is 2.15. The molecule has 5 heteroatoms. The van der Waals surface area contributed by atoms with Gasteiger partial charge in [0.25, 0.3) is 0 Å². The Kier molecular flexibility index (Phi) is 4.42. The minimum atomic E-state index is -0.608. The van der Waals surface area contributed by atoms with E-state index in [4.69, 9.17) is 0 Å². The highest BCUT2D eigenvalue weighted by molar-refractivity contribution is 5.37. The zero-order valence-electron chi connectivity index (χ0n) is 12.9. The molecule has 0 fully saturated rings. The van der Waals surface area contributed by atoms with Crippen LogP contribution in [0.25, 0.3) is 5.69 Å². The van der Waals surface area contributed by atoms with Crippen LogP contribution in [0.15, 0.2) is 24.4 Å². The molecule has 1 N–H and O–H groups in total. The average molecular weight is 293 g/mol. The van der Waals surface area contributed by atoms with Gasteiger partial charge < -0.3 is 5.32 Å². The summed E-state index contributed by atoms with van der Waals surface area (Å²) in [6.07, 6.45) is 2.46. The predicted octanol–water partition coefficient (Wildman–Crippen LogP) is 3.60. The molecule has 2 aromatic rings. The fraction of sp³-hybridized carbons (Fsp3) is 0.438. The van der Waals surface area contributed by atoms with E-state index in [2.05, 4.69) is 31.2 Å². The molecule has 0 amide bonds. The second-order valence-electron chi connectivity index (χ2n) is 6.08. The number of hydrogen-bond acceptors (Lipinski definition) is 2. The number of benzene rings is 1. The highest BCUT2D eigenvalue weighted by Crippen LogP contribution is 2.19. The number of nitrogens with zero attached hydrogens (tertiary/aromatic N) is 2. The molecule has 3 nitrogen and oxygen atoms in total. The van der Waals surface area contributed by atoms with E-state index in [0.717, 1.165) is 23.7 Å². The summed E-state index contributed by atoms with van der Waals surface area (Å²) in [5, 5.41) is 7.66. The number of aromatic nitrogens is 2. The van der Waals surface area contributed by atoms with Crippen LogP contribution in [0, 0.1) is 11.6 Å². The van der Waals surface area contributed by atoms with Crippen molar-refractivity contribution in [2.45, 2.75) is 46.2 Å². The molecule has 2 rings (SSSR count). The summed E-state index contributed by atoms with van der Waals surface area (Å²) >= 11 is 0. The van der Waals surface area contributed by atoms with E-state index >= 15 is 0 Å². The van der Waals surface area contributed by atoms with Crippen LogP contribution in [0.1, 0.15) is 39.0 Å². The quantitative estimate of drug-likeness (QED) is 0.933. The molecule has 0 radical (unpaired) electrons. The van der Waals surface area contributed by atoms with Crippen molar-refractivity contribution in [2.75, 3.05) is 0 Å². The lowest BCUT2D eigenvalue weighted by molar-refractivity contribution is 0.423. The summed E-state index contributed by atoms with van der Waals surface area (Å²) in [5.41, 5.74) is 2.22. The van der Waals surface area contributed by atoms with Gasteiger partial charge in [0.05, 0.1) is 6.20 Å². The minimum Gasteiger partial charge on any atom is -0.308 e. The van der Waals surface area contributed by atoms with Crippen molar-refractivity contribution in [1.29, 1.82) is 0 Å². The molecular weight excluding hydrogens is 272 g/mol. The molecule has 114 valence electrons. The molecule has 0 aliphatic carbocycles. The molecule has 0 saturated heterocycles. The lowest BCUT2D eigenvalue weighted by Crippen LogP contribution is -2.35. The van der Waals surface area contributed by atoms with E-state index in [1.807, 2.05) is 6.92 Å². The number of halogens is 2. The van der Waals surface area contributed by atoms with Gasteiger partial charge in [0.15, 0.2) is 5.82 Å². The van der Waals surface area contributed by atoms with E-state index in [0.29, 0.717) is 6.54 Å². The normalized spacial score (nSPS) is 11.9. The van der Waals surface area contributed by atoms with Crippen molar-refractivity contribution in [3.8, 4) is 5.69 Å². The third-order valence-electron chi connectivity index (χ3n) is 3.24. The fourth-order valence-electron chi connectivity index (χ4n) is 2.15. The van der Waals surface area contributed by atoms with Gasteiger partial charge in [-0.2, -0.15) is 5.10 Å². The highest BCUT2D eigenvalue weighted by Gasteiger charge is 2.16. The van der Waals surface area contributed by atoms with Gasteiger partial charge in [-0.15, -0.1) is 0 Å². The topological polar surface area (TPSA) is 29.9 Å². The van der Waals surface area contributed by atoms with Gasteiger partial charge in [-0.1, -0.05) is 6.92 Å². The molecule has 1 heterocycles. The Morgan fingerprint density at radius 3 is 2.52 bits per heavy atom. The summed E-state index contributed by atoms with van der Waals surface area (Å²) in [5.74, 6) is -1.20. The van der Waals surface area contributed by atoms with Crippen molar-refractivity contribution in [1.82, 2.24) is 15.1 Å². The maximum atomic E-state index is 13.9. The van der Waals surface area contributed by atoms with Gasteiger partial charge in [0.2, 0.25) is 0 Å². The van der Waals surface area contributed by atoms with E-state index in [1.165, 1.54) is 12.1 Å². The smallest absolute Gasteiger partial charge is 0.151 e. The monoisotopic (exact) mass is 293 g/mol. The molecule has 1 aromatic heterocycles. The maximum absolute atomic E-state index is 13.9. The number of nitrogens with one attached hydrogen (secondary N) is 1.